The fraction of sp³-hybridized carbons (Fsp3) is 0.857. The summed E-state index contributed by atoms with van der Waals surface area (Å²) in [4.78, 5) is 27.9. The van der Waals surface area contributed by atoms with Crippen molar-refractivity contribution in [3.63, 3.8) is 0 Å². The second-order valence-electron chi connectivity index (χ2n) is 5.48. The lowest BCUT2D eigenvalue weighted by atomic mass is 10.1. The first-order valence-electron chi connectivity index (χ1n) is 7.56. The lowest BCUT2D eigenvalue weighted by Crippen LogP contribution is -2.50. The first-order valence-corrected chi connectivity index (χ1v) is 7.56. The summed E-state index contributed by atoms with van der Waals surface area (Å²) in [5.74, 6) is 0.158. The SMILES string of the molecule is CC(NCC(=O)N1CCOCC1)C(=O)N1CCCCC1. The number of carbonyl (C=O) groups is 2. The van der Waals surface area contributed by atoms with Crippen LogP contribution in [0.3, 0.4) is 0 Å². The molecule has 0 bridgehead atoms. The Balaban J connectivity index is 1.71. The van der Waals surface area contributed by atoms with Gasteiger partial charge in [-0.2, -0.15) is 0 Å². The predicted octanol–water partition coefficient (Wildman–Crippen LogP) is -0.164. The van der Waals surface area contributed by atoms with Crippen molar-refractivity contribution in [3.8, 4) is 0 Å². The van der Waals surface area contributed by atoms with E-state index in [-0.39, 0.29) is 24.4 Å². The van der Waals surface area contributed by atoms with Crippen LogP contribution < -0.4 is 5.32 Å². The number of piperidine rings is 1. The molecule has 0 radical (unpaired) electrons. The van der Waals surface area contributed by atoms with Gasteiger partial charge in [-0.3, -0.25) is 14.9 Å². The smallest absolute Gasteiger partial charge is 0.239 e. The molecule has 2 aliphatic heterocycles. The molecule has 0 aromatic heterocycles. The van der Waals surface area contributed by atoms with Crippen LogP contribution in [-0.4, -0.2) is 73.6 Å². The number of nitrogens with zero attached hydrogens (tertiary/aromatic N) is 2. The van der Waals surface area contributed by atoms with E-state index < -0.39 is 0 Å². The molecule has 2 aliphatic rings. The highest BCUT2D eigenvalue weighted by Crippen LogP contribution is 2.09. The number of ether oxygens (including phenoxy) is 1. The Morgan fingerprint density at radius 3 is 2.35 bits per heavy atom. The van der Waals surface area contributed by atoms with Crippen LogP contribution in [0.25, 0.3) is 0 Å². The summed E-state index contributed by atoms with van der Waals surface area (Å²) in [6.45, 7) is 6.26. The van der Waals surface area contributed by atoms with Crippen LogP contribution in [0, 0.1) is 0 Å². The predicted molar refractivity (Wildman–Crippen MR) is 75.3 cm³/mol. The van der Waals surface area contributed by atoms with Gasteiger partial charge in [-0.15, -0.1) is 0 Å². The molecule has 1 atom stereocenters. The summed E-state index contributed by atoms with van der Waals surface area (Å²) >= 11 is 0. The topological polar surface area (TPSA) is 61.9 Å². The Labute approximate surface area is 120 Å². The lowest BCUT2D eigenvalue weighted by Gasteiger charge is -2.30. The van der Waals surface area contributed by atoms with Crippen molar-refractivity contribution >= 4 is 11.8 Å². The maximum Gasteiger partial charge on any atom is 0.239 e. The van der Waals surface area contributed by atoms with E-state index in [4.69, 9.17) is 4.74 Å². The molecular formula is C14H25N3O3. The molecule has 6 heteroatoms. The van der Waals surface area contributed by atoms with E-state index in [0.717, 1.165) is 25.9 Å². The highest BCUT2D eigenvalue weighted by atomic mass is 16.5. The van der Waals surface area contributed by atoms with Crippen LogP contribution in [0.2, 0.25) is 0 Å². The minimum absolute atomic E-state index is 0.0478. The average molecular weight is 283 g/mol. The molecule has 20 heavy (non-hydrogen) atoms. The molecule has 0 aromatic rings. The number of hydrogen-bond donors (Lipinski definition) is 1. The number of amides is 2. The van der Waals surface area contributed by atoms with E-state index in [1.807, 2.05) is 11.8 Å². The van der Waals surface area contributed by atoms with Crippen LogP contribution in [0.15, 0.2) is 0 Å². The fourth-order valence-electron chi connectivity index (χ4n) is 2.64. The summed E-state index contributed by atoms with van der Waals surface area (Å²) in [7, 11) is 0. The van der Waals surface area contributed by atoms with Gasteiger partial charge in [-0.05, 0) is 26.2 Å². The second kappa shape index (κ2) is 7.59. The molecule has 0 aliphatic carbocycles. The van der Waals surface area contributed by atoms with Gasteiger partial charge < -0.3 is 14.5 Å². The number of morpholine rings is 1. The van der Waals surface area contributed by atoms with Crippen molar-refractivity contribution in [1.82, 2.24) is 15.1 Å². The summed E-state index contributed by atoms with van der Waals surface area (Å²) < 4.78 is 5.22. The zero-order chi connectivity index (χ0) is 14.4. The van der Waals surface area contributed by atoms with Gasteiger partial charge in [0.1, 0.15) is 0 Å². The summed E-state index contributed by atoms with van der Waals surface area (Å²) in [6.07, 6.45) is 3.39. The Hall–Kier alpha value is -1.14. The molecule has 0 spiro atoms. The van der Waals surface area contributed by atoms with E-state index in [0.29, 0.717) is 26.3 Å². The number of nitrogens with one attached hydrogen (secondary N) is 1. The van der Waals surface area contributed by atoms with E-state index in [1.165, 1.54) is 6.42 Å². The highest BCUT2D eigenvalue weighted by Gasteiger charge is 2.23. The molecule has 114 valence electrons. The molecule has 0 saturated carbocycles. The summed E-state index contributed by atoms with van der Waals surface area (Å²) in [6, 6.07) is -0.293. The van der Waals surface area contributed by atoms with Gasteiger partial charge in [0, 0.05) is 26.2 Å². The third-order valence-electron chi connectivity index (χ3n) is 3.96. The first-order chi connectivity index (χ1) is 9.68. The number of rotatable bonds is 4. The number of hydrogen-bond acceptors (Lipinski definition) is 4. The average Bonchev–Trinajstić information content (AvgIpc) is 2.53. The summed E-state index contributed by atoms with van der Waals surface area (Å²) in [5.41, 5.74) is 0. The third kappa shape index (κ3) is 4.18. The Morgan fingerprint density at radius 1 is 1.05 bits per heavy atom. The van der Waals surface area contributed by atoms with Crippen LogP contribution in [0.5, 0.6) is 0 Å². The molecule has 2 rings (SSSR count). The fourth-order valence-corrected chi connectivity index (χ4v) is 2.64. The van der Waals surface area contributed by atoms with Gasteiger partial charge in [-0.1, -0.05) is 0 Å². The zero-order valence-electron chi connectivity index (χ0n) is 12.3. The molecule has 2 saturated heterocycles. The Kier molecular flexibility index (Phi) is 5.79. The quantitative estimate of drug-likeness (QED) is 0.778. The minimum Gasteiger partial charge on any atom is -0.378 e. The van der Waals surface area contributed by atoms with Gasteiger partial charge in [0.2, 0.25) is 11.8 Å². The molecular weight excluding hydrogens is 258 g/mol. The Bertz CT molecular complexity index is 337. The van der Waals surface area contributed by atoms with Gasteiger partial charge in [0.15, 0.2) is 0 Å². The van der Waals surface area contributed by atoms with Crippen LogP contribution >= 0.6 is 0 Å². The van der Waals surface area contributed by atoms with Crippen molar-refractivity contribution < 1.29 is 14.3 Å². The maximum absolute atomic E-state index is 12.2. The maximum atomic E-state index is 12.2. The third-order valence-corrected chi connectivity index (χ3v) is 3.96. The molecule has 2 amide bonds. The number of likely N-dealkylation sites (tertiary alicyclic amines) is 1. The van der Waals surface area contributed by atoms with Crippen molar-refractivity contribution in [2.75, 3.05) is 45.9 Å². The van der Waals surface area contributed by atoms with Crippen molar-refractivity contribution in [2.24, 2.45) is 0 Å². The number of carbonyl (C=O) groups excluding carboxylic acids is 2. The normalized spacial score (nSPS) is 21.6. The van der Waals surface area contributed by atoms with Gasteiger partial charge in [-0.25, -0.2) is 0 Å². The summed E-state index contributed by atoms with van der Waals surface area (Å²) in [5, 5.41) is 3.05. The lowest BCUT2D eigenvalue weighted by molar-refractivity contribution is -0.136. The molecule has 1 N–H and O–H groups in total. The minimum atomic E-state index is -0.293. The van der Waals surface area contributed by atoms with Crippen molar-refractivity contribution in [1.29, 1.82) is 0 Å². The van der Waals surface area contributed by atoms with Crippen LogP contribution in [0.4, 0.5) is 0 Å². The Morgan fingerprint density at radius 2 is 1.70 bits per heavy atom. The molecule has 0 aromatic carbocycles. The first kappa shape index (κ1) is 15.3. The standard InChI is InChI=1S/C14H25N3O3/c1-12(14(19)17-5-3-2-4-6-17)15-11-13(18)16-7-9-20-10-8-16/h12,15H,2-11H2,1H3. The van der Waals surface area contributed by atoms with E-state index >= 15 is 0 Å². The molecule has 2 heterocycles. The zero-order valence-corrected chi connectivity index (χ0v) is 12.3. The largest absolute Gasteiger partial charge is 0.378 e. The van der Waals surface area contributed by atoms with E-state index in [9.17, 15) is 9.59 Å². The van der Waals surface area contributed by atoms with Gasteiger partial charge in [0.05, 0.1) is 25.8 Å². The monoisotopic (exact) mass is 283 g/mol. The van der Waals surface area contributed by atoms with Crippen molar-refractivity contribution in [3.05, 3.63) is 0 Å². The second-order valence-corrected chi connectivity index (χ2v) is 5.48. The molecule has 6 nitrogen and oxygen atoms in total. The van der Waals surface area contributed by atoms with Gasteiger partial charge >= 0.3 is 0 Å². The van der Waals surface area contributed by atoms with Crippen molar-refractivity contribution in [2.45, 2.75) is 32.2 Å². The molecule has 2 fully saturated rings. The highest BCUT2D eigenvalue weighted by molar-refractivity contribution is 5.83. The van der Waals surface area contributed by atoms with E-state index in [1.54, 1.807) is 4.90 Å². The van der Waals surface area contributed by atoms with Crippen LogP contribution in [-0.2, 0) is 14.3 Å². The molecule has 1 unspecified atom stereocenters. The van der Waals surface area contributed by atoms with Crippen LogP contribution in [0.1, 0.15) is 26.2 Å². The van der Waals surface area contributed by atoms with E-state index in [2.05, 4.69) is 5.32 Å². The van der Waals surface area contributed by atoms with Gasteiger partial charge in [0.25, 0.3) is 0 Å².